The standard InChI is InChI=1S/C64H36N4O6/c69-63-39-31-51-57-58-52(74-48-24-12-4-16-36(48)28-27-35-15-3-11-23-47(35)73-51)32-40-54-38(62-66-42-18-6-8-20-44(42)68(62)64(40)70)30-50-56(60(54)58)55-49(29-37(53(39)59(55)57)61-65-41-17-5-7-19-43(41)67(61)63)71-45-21-9-1-13-33(45)25-26-34-14-2-10-22-46(34)72-50/h1-24,29-32H,25-28H2. The van der Waals surface area contributed by atoms with Gasteiger partial charge in [-0.25, -0.2) is 9.97 Å². The van der Waals surface area contributed by atoms with Crippen LogP contribution in [0.5, 0.6) is 46.0 Å². The molecule has 2 aliphatic rings. The Labute approximate surface area is 418 Å². The highest BCUT2D eigenvalue weighted by Crippen LogP contribution is 2.58. The van der Waals surface area contributed by atoms with E-state index in [4.69, 9.17) is 28.9 Å². The van der Waals surface area contributed by atoms with Gasteiger partial charge in [-0.2, -0.15) is 0 Å². The Morgan fingerprint density at radius 3 is 0.959 bits per heavy atom. The molecule has 6 heterocycles. The highest BCUT2D eigenvalue weighted by atomic mass is 16.5. The van der Waals surface area contributed by atoms with Crippen LogP contribution < -0.4 is 30.1 Å². The Balaban J connectivity index is 1.20. The minimum atomic E-state index is -0.234. The molecule has 348 valence electrons. The maximum Gasteiger partial charge on any atom is 0.264 e. The third-order valence-corrected chi connectivity index (χ3v) is 15.7. The SMILES string of the molecule is O=c1c2cc3c4c5c(cc6c(=O)n7c8ccccc8nc7c7cc8c(c9c(cc(c2c49)c2nc4ccccc4n12)Oc1ccccc1CCc1ccccc1O8)c5c67)Oc1ccccc1CCc1ccccc1O3. The van der Waals surface area contributed by atoms with Gasteiger partial charge in [0, 0.05) is 53.9 Å². The Kier molecular flexibility index (Phi) is 7.77. The van der Waals surface area contributed by atoms with Crippen molar-refractivity contribution in [1.29, 1.82) is 0 Å². The van der Waals surface area contributed by atoms with Gasteiger partial charge in [-0.1, -0.05) is 97.1 Å². The van der Waals surface area contributed by atoms with Crippen molar-refractivity contribution in [3.63, 3.8) is 0 Å². The molecule has 0 atom stereocenters. The van der Waals surface area contributed by atoms with Gasteiger partial charge < -0.3 is 18.9 Å². The largest absolute Gasteiger partial charge is 0.456 e. The van der Waals surface area contributed by atoms with Gasteiger partial charge in [-0.3, -0.25) is 18.4 Å². The molecule has 0 N–H and O–H groups in total. The zero-order valence-corrected chi connectivity index (χ0v) is 39.2. The Morgan fingerprint density at radius 2 is 0.608 bits per heavy atom. The number of rotatable bonds is 0. The van der Waals surface area contributed by atoms with Gasteiger partial charge in [0.2, 0.25) is 0 Å². The molecule has 0 spiro atoms. The van der Waals surface area contributed by atoms with E-state index >= 15 is 9.59 Å². The van der Waals surface area contributed by atoms with Crippen LogP contribution in [0.15, 0.2) is 179 Å². The Hall–Kier alpha value is -9.80. The van der Waals surface area contributed by atoms with Crippen molar-refractivity contribution < 1.29 is 18.9 Å². The molecule has 2 aliphatic heterocycles. The molecule has 0 amide bonds. The molecule has 0 radical (unpaired) electrons. The first-order valence-corrected chi connectivity index (χ1v) is 25.0. The van der Waals surface area contributed by atoms with E-state index in [-0.39, 0.29) is 11.1 Å². The molecule has 0 saturated heterocycles. The van der Waals surface area contributed by atoms with Crippen molar-refractivity contribution in [1.82, 2.24) is 18.8 Å². The Morgan fingerprint density at radius 1 is 0.311 bits per heavy atom. The van der Waals surface area contributed by atoms with E-state index in [9.17, 15) is 0 Å². The van der Waals surface area contributed by atoms with E-state index in [1.807, 2.05) is 146 Å². The average molecular weight is 957 g/mol. The van der Waals surface area contributed by atoms with Crippen molar-refractivity contribution in [2.45, 2.75) is 25.7 Å². The minimum Gasteiger partial charge on any atom is -0.456 e. The number of hydrogen-bond donors (Lipinski definition) is 0. The van der Waals surface area contributed by atoms with Gasteiger partial charge in [0.25, 0.3) is 11.1 Å². The number of benzene rings is 11. The molecule has 17 rings (SSSR count). The molecule has 0 bridgehead atoms. The van der Waals surface area contributed by atoms with Gasteiger partial charge in [0.15, 0.2) is 0 Å². The second-order valence-corrected chi connectivity index (χ2v) is 19.7. The van der Waals surface area contributed by atoms with E-state index in [0.717, 1.165) is 33.0 Å². The summed E-state index contributed by atoms with van der Waals surface area (Å²) in [7, 11) is 0. The van der Waals surface area contributed by atoms with Crippen LogP contribution >= 0.6 is 0 Å². The fraction of sp³-hybridized carbons (Fsp3) is 0.0625. The zero-order valence-electron chi connectivity index (χ0n) is 39.2. The van der Waals surface area contributed by atoms with Crippen molar-refractivity contribution in [2.24, 2.45) is 0 Å². The number of ether oxygens (including phenoxy) is 4. The maximum atomic E-state index is 15.7. The normalized spacial score (nSPS) is 13.7. The number of aromatic nitrogens is 4. The fourth-order valence-electron chi connectivity index (χ4n) is 12.5. The van der Waals surface area contributed by atoms with Gasteiger partial charge in [0.05, 0.1) is 32.8 Å². The lowest BCUT2D eigenvalue weighted by atomic mass is 9.84. The first-order chi connectivity index (χ1) is 36.5. The van der Waals surface area contributed by atoms with E-state index in [2.05, 4.69) is 24.3 Å². The van der Waals surface area contributed by atoms with Gasteiger partial charge in [-0.15, -0.1) is 0 Å². The predicted octanol–water partition coefficient (Wildman–Crippen LogP) is 14.6. The highest BCUT2D eigenvalue weighted by molar-refractivity contribution is 6.45. The minimum absolute atomic E-state index is 0.234. The molecular formula is C64H36N4O6. The third kappa shape index (κ3) is 5.27. The number of hydrogen-bond acceptors (Lipinski definition) is 8. The number of pyridine rings is 2. The molecular weight excluding hydrogens is 921 g/mol. The van der Waals surface area contributed by atoms with Crippen LogP contribution in [0, 0.1) is 0 Å². The maximum absolute atomic E-state index is 15.7. The topological polar surface area (TPSA) is 106 Å². The van der Waals surface area contributed by atoms with Crippen molar-refractivity contribution in [2.75, 3.05) is 0 Å². The summed E-state index contributed by atoms with van der Waals surface area (Å²) < 4.78 is 33.2. The Bertz CT molecular complexity index is 4760. The molecule has 74 heavy (non-hydrogen) atoms. The molecule has 0 saturated carbocycles. The smallest absolute Gasteiger partial charge is 0.264 e. The fourth-order valence-corrected chi connectivity index (χ4v) is 12.5. The van der Waals surface area contributed by atoms with Crippen molar-refractivity contribution in [3.8, 4) is 46.0 Å². The second-order valence-electron chi connectivity index (χ2n) is 19.7. The molecule has 0 fully saturated rings. The zero-order chi connectivity index (χ0) is 48.5. The van der Waals surface area contributed by atoms with Crippen LogP contribution in [-0.4, -0.2) is 18.8 Å². The highest BCUT2D eigenvalue weighted by Gasteiger charge is 2.33. The summed E-state index contributed by atoms with van der Waals surface area (Å²) in [6.07, 6.45) is 2.62. The summed E-state index contributed by atoms with van der Waals surface area (Å²) in [5.41, 5.74) is 7.34. The molecule has 10 nitrogen and oxygen atoms in total. The number of nitrogens with zero attached hydrogens (tertiary/aromatic N) is 4. The van der Waals surface area contributed by atoms with E-state index in [1.165, 1.54) is 0 Å². The van der Waals surface area contributed by atoms with E-state index in [0.29, 0.717) is 159 Å². The monoisotopic (exact) mass is 956 g/mol. The third-order valence-electron chi connectivity index (χ3n) is 15.7. The molecule has 0 aliphatic carbocycles. The van der Waals surface area contributed by atoms with E-state index in [1.54, 1.807) is 8.80 Å². The quantitative estimate of drug-likeness (QED) is 0.109. The second kappa shape index (κ2) is 14.4. The van der Waals surface area contributed by atoms with Gasteiger partial charge in [-0.05, 0) is 121 Å². The number of imidazole rings is 2. The van der Waals surface area contributed by atoms with Crippen molar-refractivity contribution >= 4 is 98.0 Å². The van der Waals surface area contributed by atoms with Crippen LogP contribution in [0.3, 0.4) is 0 Å². The van der Waals surface area contributed by atoms with Crippen molar-refractivity contribution in [3.05, 3.63) is 213 Å². The first kappa shape index (κ1) is 39.9. The summed E-state index contributed by atoms with van der Waals surface area (Å²) in [6.45, 7) is 0. The van der Waals surface area contributed by atoms with E-state index < -0.39 is 0 Å². The van der Waals surface area contributed by atoms with Crippen LogP contribution in [0.4, 0.5) is 0 Å². The summed E-state index contributed by atoms with van der Waals surface area (Å²) >= 11 is 0. The number of para-hydroxylation sites is 8. The first-order valence-electron chi connectivity index (χ1n) is 25.0. The van der Waals surface area contributed by atoms with Gasteiger partial charge in [0.1, 0.15) is 57.3 Å². The summed E-state index contributed by atoms with van der Waals surface area (Å²) in [4.78, 5) is 41.7. The summed E-state index contributed by atoms with van der Waals surface area (Å²) in [6, 6.07) is 55.9. The lowest BCUT2D eigenvalue weighted by Gasteiger charge is -2.26. The lowest BCUT2D eigenvalue weighted by Crippen LogP contribution is -2.15. The molecule has 11 aromatic carbocycles. The molecule has 0 unspecified atom stereocenters. The molecule has 15 aromatic rings. The van der Waals surface area contributed by atoms with Gasteiger partial charge >= 0.3 is 0 Å². The summed E-state index contributed by atoms with van der Waals surface area (Å²) in [5.74, 6) is 4.64. The van der Waals surface area contributed by atoms with Crippen LogP contribution in [-0.2, 0) is 25.7 Å². The molecule has 4 aromatic heterocycles. The number of fused-ring (bicyclic) bond motifs is 12. The lowest BCUT2D eigenvalue weighted by molar-refractivity contribution is 0.472. The average Bonchev–Trinajstić information content (AvgIpc) is 4.15. The predicted molar refractivity (Wildman–Crippen MR) is 291 cm³/mol. The molecule has 10 heteroatoms. The summed E-state index contributed by atoms with van der Waals surface area (Å²) in [5, 5.41) is 7.87. The van der Waals surface area contributed by atoms with Crippen LogP contribution in [0.2, 0.25) is 0 Å². The van der Waals surface area contributed by atoms with Crippen LogP contribution in [0.25, 0.3) is 98.0 Å². The van der Waals surface area contributed by atoms with Crippen LogP contribution in [0.1, 0.15) is 22.3 Å². The number of aryl methyl sites for hydroxylation is 4.